The van der Waals surface area contributed by atoms with Gasteiger partial charge in [-0.15, -0.1) is 0 Å². The van der Waals surface area contributed by atoms with Crippen LogP contribution < -0.4 is 0 Å². The Hall–Kier alpha value is -0.970. The lowest BCUT2D eigenvalue weighted by Gasteiger charge is -2.05. The average Bonchev–Trinajstić information content (AvgIpc) is 2.36. The molecule has 0 spiro atoms. The lowest BCUT2D eigenvalue weighted by Crippen LogP contribution is -2.05. The van der Waals surface area contributed by atoms with E-state index >= 15 is 0 Å². The van der Waals surface area contributed by atoms with E-state index < -0.39 is 17.4 Å². The molecule has 0 radical (unpaired) electrons. The van der Waals surface area contributed by atoms with Gasteiger partial charge >= 0.3 is 0 Å². The van der Waals surface area contributed by atoms with Crippen LogP contribution in [0.1, 0.15) is 15.9 Å². The van der Waals surface area contributed by atoms with Gasteiger partial charge in [-0.3, -0.25) is 4.79 Å². The fourth-order valence-corrected chi connectivity index (χ4v) is 2.10. The van der Waals surface area contributed by atoms with Crippen LogP contribution in [0.25, 0.3) is 0 Å². The van der Waals surface area contributed by atoms with Gasteiger partial charge in [-0.05, 0) is 46.3 Å². The molecule has 0 aromatic heterocycles. The molecule has 2 aromatic rings. The number of halogens is 5. The molecule has 0 amide bonds. The van der Waals surface area contributed by atoms with Crippen LogP contribution in [0.3, 0.4) is 0 Å². The molecule has 19 heavy (non-hydrogen) atoms. The zero-order chi connectivity index (χ0) is 14.2. The molecular weight excluding hydrogens is 361 g/mol. The minimum Gasteiger partial charge on any atom is -0.288 e. The number of hydrogen-bond acceptors (Lipinski definition) is 1. The Balaban J connectivity index is 2.49. The van der Waals surface area contributed by atoms with E-state index in [0.717, 1.165) is 12.1 Å². The Morgan fingerprint density at radius 2 is 1.68 bits per heavy atom. The van der Waals surface area contributed by atoms with Crippen molar-refractivity contribution in [2.45, 2.75) is 0 Å². The lowest BCUT2D eigenvalue weighted by molar-refractivity contribution is 0.103. The van der Waals surface area contributed by atoms with Crippen molar-refractivity contribution in [3.05, 3.63) is 67.6 Å². The molecule has 0 aliphatic rings. The second-order valence-electron chi connectivity index (χ2n) is 3.70. The minimum atomic E-state index is -0.815. The van der Waals surface area contributed by atoms with Gasteiger partial charge < -0.3 is 0 Å². The Kier molecular flexibility index (Phi) is 4.23. The number of benzene rings is 2. The molecule has 2 rings (SSSR count). The first-order chi connectivity index (χ1) is 8.90. The standard InChI is InChI=1S/C13H5BrCl2F2O/c14-8-5-11(17)7(4-12(8)18)13(19)6-1-2-9(15)10(16)3-6/h1-5H. The highest BCUT2D eigenvalue weighted by Gasteiger charge is 2.17. The molecule has 0 aliphatic heterocycles. The van der Waals surface area contributed by atoms with Gasteiger partial charge in [0.05, 0.1) is 20.1 Å². The van der Waals surface area contributed by atoms with Crippen molar-refractivity contribution in [2.24, 2.45) is 0 Å². The van der Waals surface area contributed by atoms with Gasteiger partial charge in [0.25, 0.3) is 0 Å². The SMILES string of the molecule is O=C(c1ccc(Cl)c(Cl)c1)c1cc(F)c(Br)cc1F. The van der Waals surface area contributed by atoms with E-state index in [1.807, 2.05) is 0 Å². The van der Waals surface area contributed by atoms with Crippen LogP contribution in [0.5, 0.6) is 0 Å². The summed E-state index contributed by atoms with van der Waals surface area (Å²) in [4.78, 5) is 12.1. The number of hydrogen-bond donors (Lipinski definition) is 0. The third-order valence-electron chi connectivity index (χ3n) is 2.44. The van der Waals surface area contributed by atoms with Crippen LogP contribution in [-0.4, -0.2) is 5.78 Å². The van der Waals surface area contributed by atoms with Crippen LogP contribution in [0.4, 0.5) is 8.78 Å². The van der Waals surface area contributed by atoms with Gasteiger partial charge in [-0.2, -0.15) is 0 Å². The lowest BCUT2D eigenvalue weighted by atomic mass is 10.0. The maximum absolute atomic E-state index is 13.7. The first-order valence-corrected chi connectivity index (χ1v) is 6.59. The van der Waals surface area contributed by atoms with Crippen LogP contribution in [-0.2, 0) is 0 Å². The monoisotopic (exact) mass is 364 g/mol. The van der Waals surface area contributed by atoms with Gasteiger partial charge in [-0.1, -0.05) is 23.2 Å². The van der Waals surface area contributed by atoms with Crippen LogP contribution >= 0.6 is 39.1 Å². The molecule has 0 atom stereocenters. The Bertz CT molecular complexity index is 674. The second-order valence-corrected chi connectivity index (χ2v) is 5.37. The highest BCUT2D eigenvalue weighted by Crippen LogP contribution is 2.26. The molecule has 0 saturated heterocycles. The summed E-state index contributed by atoms with van der Waals surface area (Å²) >= 11 is 14.3. The first kappa shape index (κ1) is 14.4. The van der Waals surface area contributed by atoms with Crippen molar-refractivity contribution in [1.82, 2.24) is 0 Å². The predicted octanol–water partition coefficient (Wildman–Crippen LogP) is 5.27. The van der Waals surface area contributed by atoms with Crippen LogP contribution in [0, 0.1) is 11.6 Å². The molecule has 0 saturated carbocycles. The zero-order valence-corrected chi connectivity index (χ0v) is 12.3. The summed E-state index contributed by atoms with van der Waals surface area (Å²) in [5.41, 5.74) is -0.228. The summed E-state index contributed by atoms with van der Waals surface area (Å²) in [5, 5.41) is 0.450. The van der Waals surface area contributed by atoms with Crippen molar-refractivity contribution >= 4 is 44.9 Å². The van der Waals surface area contributed by atoms with Gasteiger partial charge in [0, 0.05) is 5.56 Å². The highest BCUT2D eigenvalue weighted by molar-refractivity contribution is 9.10. The van der Waals surface area contributed by atoms with Crippen molar-refractivity contribution in [3.8, 4) is 0 Å². The van der Waals surface area contributed by atoms with Crippen molar-refractivity contribution in [3.63, 3.8) is 0 Å². The second kappa shape index (κ2) is 5.57. The summed E-state index contributed by atoms with van der Waals surface area (Å²) in [6.45, 7) is 0. The topological polar surface area (TPSA) is 17.1 Å². The maximum atomic E-state index is 13.7. The molecule has 2 aromatic carbocycles. The van der Waals surface area contributed by atoms with E-state index in [9.17, 15) is 13.6 Å². The van der Waals surface area contributed by atoms with Crippen molar-refractivity contribution in [2.75, 3.05) is 0 Å². The van der Waals surface area contributed by atoms with E-state index in [1.54, 1.807) is 0 Å². The Morgan fingerprint density at radius 3 is 2.32 bits per heavy atom. The Morgan fingerprint density at radius 1 is 1.00 bits per heavy atom. The number of carbonyl (C=O) groups is 1. The summed E-state index contributed by atoms with van der Waals surface area (Å²) in [6.07, 6.45) is 0. The Labute approximate surface area is 126 Å². The largest absolute Gasteiger partial charge is 0.288 e. The molecule has 0 N–H and O–H groups in total. The van der Waals surface area contributed by atoms with Gasteiger partial charge in [0.1, 0.15) is 11.6 Å². The van der Waals surface area contributed by atoms with Gasteiger partial charge in [-0.25, -0.2) is 8.78 Å². The molecule has 0 unspecified atom stereocenters. The molecular formula is C13H5BrCl2F2O. The normalized spacial score (nSPS) is 10.6. The van der Waals surface area contributed by atoms with E-state index in [1.165, 1.54) is 18.2 Å². The molecule has 1 nitrogen and oxygen atoms in total. The van der Waals surface area contributed by atoms with E-state index in [-0.39, 0.29) is 25.6 Å². The molecule has 6 heteroatoms. The highest BCUT2D eigenvalue weighted by atomic mass is 79.9. The maximum Gasteiger partial charge on any atom is 0.196 e. The third-order valence-corrected chi connectivity index (χ3v) is 3.78. The summed E-state index contributed by atoms with van der Waals surface area (Å²) in [5.74, 6) is -2.20. The average molecular weight is 366 g/mol. The summed E-state index contributed by atoms with van der Waals surface area (Å²) < 4.78 is 27.0. The van der Waals surface area contributed by atoms with Gasteiger partial charge in [0.15, 0.2) is 5.78 Å². The molecule has 0 bridgehead atoms. The third kappa shape index (κ3) is 2.96. The van der Waals surface area contributed by atoms with Crippen LogP contribution in [0.15, 0.2) is 34.8 Å². The van der Waals surface area contributed by atoms with E-state index in [0.29, 0.717) is 0 Å². The first-order valence-electron chi connectivity index (χ1n) is 5.04. The fraction of sp³-hybridized carbons (Fsp3) is 0. The van der Waals surface area contributed by atoms with E-state index in [2.05, 4.69) is 15.9 Å². The number of carbonyl (C=O) groups excluding carboxylic acids is 1. The quantitative estimate of drug-likeness (QED) is 0.523. The number of ketones is 1. The summed E-state index contributed by atoms with van der Waals surface area (Å²) in [7, 11) is 0. The zero-order valence-electron chi connectivity index (χ0n) is 9.18. The minimum absolute atomic E-state index is 0.0457. The van der Waals surface area contributed by atoms with Crippen molar-refractivity contribution < 1.29 is 13.6 Å². The van der Waals surface area contributed by atoms with E-state index in [4.69, 9.17) is 23.2 Å². The number of rotatable bonds is 2. The van der Waals surface area contributed by atoms with Crippen LogP contribution in [0.2, 0.25) is 10.0 Å². The predicted molar refractivity (Wildman–Crippen MR) is 74.0 cm³/mol. The molecule has 98 valence electrons. The molecule has 0 fully saturated rings. The fourth-order valence-electron chi connectivity index (χ4n) is 1.49. The molecule has 0 aliphatic carbocycles. The molecule has 0 heterocycles. The van der Waals surface area contributed by atoms with Gasteiger partial charge in [0.2, 0.25) is 0 Å². The smallest absolute Gasteiger partial charge is 0.196 e. The summed E-state index contributed by atoms with van der Waals surface area (Å²) in [6, 6.07) is 5.87. The van der Waals surface area contributed by atoms with Crippen molar-refractivity contribution in [1.29, 1.82) is 0 Å².